The van der Waals surface area contributed by atoms with Gasteiger partial charge in [0.15, 0.2) is 21.4 Å². The Bertz CT molecular complexity index is 3080. The summed E-state index contributed by atoms with van der Waals surface area (Å²) in [6, 6.07) is 17.1. The first-order valence-corrected chi connectivity index (χ1v) is 21.4. The number of ether oxygens (including phenoxy) is 3. The van der Waals surface area contributed by atoms with Crippen molar-refractivity contribution < 1.29 is 47.6 Å². The summed E-state index contributed by atoms with van der Waals surface area (Å²) >= 11 is 2.61. The smallest absolute Gasteiger partial charge is 0.296 e. The van der Waals surface area contributed by atoms with Crippen molar-refractivity contribution >= 4 is 94.2 Å². The third-order valence-electron chi connectivity index (χ3n) is 8.78. The van der Waals surface area contributed by atoms with Gasteiger partial charge in [-0.1, -0.05) is 35.2 Å². The lowest BCUT2D eigenvalue weighted by molar-refractivity contribution is 0.198. The summed E-state index contributed by atoms with van der Waals surface area (Å²) in [6.07, 6.45) is 0. The highest BCUT2D eigenvalue weighted by atomic mass is 32.2. The molecule has 318 valence electrons. The number of nitrogens with zero attached hydrogens (tertiary/aromatic N) is 11. The molecule has 0 saturated heterocycles. The standard InChI is InChI=1S/C38H33N11O10S3/c1-20-24(19-39)35-40-25-5-3-4-6-28(25)49(35)36(53)32(20)44-41-22-7-8-23-21(15-22)16-31(62(54,55)56)33(34(23)52)45-42-26-17-30(59-12-10-51)27(18-29(26)58-11-9-50)43-46-37-47-48-38(61-37)60-14-13-57-2/h3-8,15-18,50-53H,9-14H2,1-2H3,(H,54,55,56). The van der Waals surface area contributed by atoms with Crippen LogP contribution < -0.4 is 9.47 Å². The SMILES string of the molecule is COCCSc1nnc(N=Nc2cc(OCCO)c(N=Nc3c(S(=O)(=O)O)cc4cc(N=Nc5c(C)c(C#N)c6nc7ccccc7n6c5O)ccc4c3O)cc2OCCO)s1. The maximum atomic E-state index is 12.8. The molecule has 0 bridgehead atoms. The van der Waals surface area contributed by atoms with Crippen molar-refractivity contribution in [2.45, 2.75) is 16.2 Å². The Morgan fingerprint density at radius 1 is 0.871 bits per heavy atom. The quantitative estimate of drug-likeness (QED) is 0.0250. The molecule has 0 radical (unpaired) electrons. The molecule has 7 rings (SSSR count). The molecule has 3 heterocycles. The van der Waals surface area contributed by atoms with Gasteiger partial charge in [-0.05, 0) is 48.7 Å². The van der Waals surface area contributed by atoms with Gasteiger partial charge in [-0.25, -0.2) is 4.98 Å². The molecular formula is C38H33N11O10S3. The molecule has 0 aliphatic rings. The van der Waals surface area contributed by atoms with E-state index in [0.717, 1.165) is 6.07 Å². The summed E-state index contributed by atoms with van der Waals surface area (Å²) in [6.45, 7) is 0.953. The summed E-state index contributed by atoms with van der Waals surface area (Å²) in [5.74, 6) is -0.320. The monoisotopic (exact) mass is 899 g/mol. The van der Waals surface area contributed by atoms with Crippen molar-refractivity contribution in [3.8, 4) is 29.2 Å². The number of pyridine rings is 1. The molecule has 4 aromatic carbocycles. The van der Waals surface area contributed by atoms with E-state index in [2.05, 4.69) is 51.9 Å². The van der Waals surface area contributed by atoms with E-state index in [4.69, 9.17) is 14.2 Å². The molecular weight excluding hydrogens is 867 g/mol. The van der Waals surface area contributed by atoms with E-state index >= 15 is 0 Å². The van der Waals surface area contributed by atoms with Gasteiger partial charge in [-0.2, -0.15) is 18.8 Å². The van der Waals surface area contributed by atoms with E-state index in [1.807, 2.05) is 0 Å². The Balaban J connectivity index is 1.25. The number of hydrogen-bond donors (Lipinski definition) is 5. The summed E-state index contributed by atoms with van der Waals surface area (Å²) < 4.78 is 54.3. The Morgan fingerprint density at radius 3 is 2.24 bits per heavy atom. The number of aromatic hydroxyl groups is 2. The highest BCUT2D eigenvalue weighted by Gasteiger charge is 2.24. The maximum Gasteiger partial charge on any atom is 0.296 e. The highest BCUT2D eigenvalue weighted by molar-refractivity contribution is 8.01. The van der Waals surface area contributed by atoms with Crippen molar-refractivity contribution in [2.75, 3.05) is 45.9 Å². The molecule has 0 atom stereocenters. The van der Waals surface area contributed by atoms with Crippen molar-refractivity contribution in [1.82, 2.24) is 19.6 Å². The molecule has 7 aromatic rings. The van der Waals surface area contributed by atoms with Crippen LogP contribution in [0.15, 0.2) is 101 Å². The predicted octanol–water partition coefficient (Wildman–Crippen LogP) is 8.06. The first kappa shape index (κ1) is 43.4. The summed E-state index contributed by atoms with van der Waals surface area (Å²) in [5, 5.41) is 85.2. The molecule has 0 saturated carbocycles. The number of fused-ring (bicyclic) bond motifs is 4. The number of rotatable bonds is 17. The first-order valence-electron chi connectivity index (χ1n) is 18.1. The van der Waals surface area contributed by atoms with Crippen molar-refractivity contribution in [3.05, 3.63) is 71.8 Å². The molecule has 24 heteroatoms. The minimum absolute atomic E-state index is 0.0168. The van der Waals surface area contributed by atoms with E-state index in [9.17, 15) is 38.7 Å². The number of benzene rings is 4. The molecule has 0 aliphatic heterocycles. The predicted molar refractivity (Wildman–Crippen MR) is 226 cm³/mol. The van der Waals surface area contributed by atoms with E-state index in [1.54, 1.807) is 38.3 Å². The number of hydrogen-bond acceptors (Lipinski definition) is 21. The lowest BCUT2D eigenvalue weighted by atomic mass is 10.1. The van der Waals surface area contributed by atoms with Crippen LogP contribution in [0.4, 0.5) is 33.6 Å². The minimum Gasteiger partial charge on any atom is -0.505 e. The minimum atomic E-state index is -5.06. The molecule has 3 aromatic heterocycles. The summed E-state index contributed by atoms with van der Waals surface area (Å²) in [5.41, 5.74) is 1.31. The van der Waals surface area contributed by atoms with Gasteiger partial charge in [0, 0.05) is 35.9 Å². The van der Waals surface area contributed by atoms with Crippen LogP contribution in [-0.4, -0.2) is 98.9 Å². The van der Waals surface area contributed by atoms with E-state index in [0.29, 0.717) is 33.3 Å². The van der Waals surface area contributed by atoms with Gasteiger partial charge in [0.25, 0.3) is 15.2 Å². The van der Waals surface area contributed by atoms with Gasteiger partial charge in [-0.15, -0.1) is 35.8 Å². The molecule has 0 amide bonds. The van der Waals surface area contributed by atoms with Crippen molar-refractivity contribution in [2.24, 2.45) is 30.7 Å². The van der Waals surface area contributed by atoms with Gasteiger partial charge in [0.2, 0.25) is 5.88 Å². The van der Waals surface area contributed by atoms with E-state index in [1.165, 1.54) is 57.8 Å². The number of aromatic nitrogens is 4. The Hall–Kier alpha value is -6.72. The van der Waals surface area contributed by atoms with Gasteiger partial charge in [-0.3, -0.25) is 8.95 Å². The second-order valence-electron chi connectivity index (χ2n) is 12.7. The molecule has 0 unspecified atom stereocenters. The number of thioether (sulfide) groups is 1. The number of aliphatic hydroxyl groups is 2. The molecule has 0 spiro atoms. The molecule has 5 N–H and O–H groups in total. The number of para-hydroxylation sites is 2. The number of nitriles is 1. The largest absolute Gasteiger partial charge is 0.505 e. The normalized spacial score (nSPS) is 12.2. The Labute approximate surface area is 359 Å². The van der Waals surface area contributed by atoms with Crippen LogP contribution >= 0.6 is 23.1 Å². The van der Waals surface area contributed by atoms with E-state index in [-0.39, 0.29) is 87.1 Å². The van der Waals surface area contributed by atoms with Gasteiger partial charge >= 0.3 is 0 Å². The first-order chi connectivity index (χ1) is 29.9. The zero-order chi connectivity index (χ0) is 44.0. The van der Waals surface area contributed by atoms with Gasteiger partial charge < -0.3 is 34.6 Å². The third-order valence-corrected chi connectivity index (χ3v) is 11.5. The number of azo groups is 3. The van der Waals surface area contributed by atoms with Crippen LogP contribution in [0.5, 0.6) is 23.1 Å². The fourth-order valence-electron chi connectivity index (χ4n) is 5.97. The Kier molecular flexibility index (Phi) is 13.2. The van der Waals surface area contributed by atoms with Gasteiger partial charge in [0.1, 0.15) is 58.3 Å². The second-order valence-corrected chi connectivity index (χ2v) is 16.4. The molecule has 62 heavy (non-hydrogen) atoms. The number of phenols is 1. The summed E-state index contributed by atoms with van der Waals surface area (Å²) in [7, 11) is -3.47. The topological polar surface area (TPSA) is 304 Å². The maximum absolute atomic E-state index is 12.8. The van der Waals surface area contributed by atoms with Crippen LogP contribution in [0.2, 0.25) is 0 Å². The fraction of sp³-hybridized carbons (Fsp3) is 0.211. The number of phenolic OH excluding ortho intramolecular Hbond substituents is 1. The van der Waals surface area contributed by atoms with E-state index < -0.39 is 33.1 Å². The lowest BCUT2D eigenvalue weighted by Crippen LogP contribution is -2.04. The Morgan fingerprint density at radius 2 is 1.56 bits per heavy atom. The van der Waals surface area contributed by atoms with Crippen molar-refractivity contribution in [1.29, 1.82) is 5.26 Å². The average Bonchev–Trinajstić information content (AvgIpc) is 3.88. The number of methoxy groups -OCH3 is 1. The van der Waals surface area contributed by atoms with Crippen LogP contribution in [0.3, 0.4) is 0 Å². The zero-order valence-electron chi connectivity index (χ0n) is 32.4. The highest BCUT2D eigenvalue weighted by Crippen LogP contribution is 2.46. The fourth-order valence-corrected chi connectivity index (χ4v) is 8.27. The second kappa shape index (κ2) is 18.9. The third kappa shape index (κ3) is 9.13. The van der Waals surface area contributed by atoms with Crippen LogP contribution in [0, 0.1) is 18.3 Å². The number of imidazole rings is 1. The molecule has 0 aliphatic carbocycles. The van der Waals surface area contributed by atoms with Crippen LogP contribution in [0.25, 0.3) is 27.5 Å². The average molecular weight is 900 g/mol. The molecule has 21 nitrogen and oxygen atoms in total. The van der Waals surface area contributed by atoms with Crippen LogP contribution in [-0.2, 0) is 14.9 Å². The van der Waals surface area contributed by atoms with Gasteiger partial charge in [0.05, 0.1) is 36.5 Å². The zero-order valence-corrected chi connectivity index (χ0v) is 34.9. The number of aliphatic hydroxyl groups excluding tert-OH is 2. The lowest BCUT2D eigenvalue weighted by Gasteiger charge is -2.13. The summed E-state index contributed by atoms with van der Waals surface area (Å²) in [4.78, 5) is 3.67. The van der Waals surface area contributed by atoms with Crippen LogP contribution in [0.1, 0.15) is 11.1 Å². The van der Waals surface area contributed by atoms with Crippen molar-refractivity contribution in [3.63, 3.8) is 0 Å². The molecule has 0 fully saturated rings.